The molecule has 90 valence electrons. The Labute approximate surface area is 105 Å². The normalized spacial score (nSPS) is 12.8. The molecule has 0 saturated heterocycles. The summed E-state index contributed by atoms with van der Waals surface area (Å²) < 4.78 is 0. The minimum Gasteiger partial charge on any atom is -0.394 e. The summed E-state index contributed by atoms with van der Waals surface area (Å²) in [4.78, 5) is 4.37. The molecule has 2 aromatic rings. The molecule has 1 unspecified atom stereocenters. The van der Waals surface area contributed by atoms with Crippen LogP contribution >= 0.6 is 11.8 Å². The Bertz CT molecular complexity index is 490. The van der Waals surface area contributed by atoms with Gasteiger partial charge in [0.05, 0.1) is 18.2 Å². The van der Waals surface area contributed by atoms with E-state index in [1.165, 1.54) is 0 Å². The predicted octanol–water partition coefficient (Wildman–Crippen LogP) is 1.82. The second-order valence-corrected chi connectivity index (χ2v) is 4.92. The van der Waals surface area contributed by atoms with Gasteiger partial charge < -0.3 is 10.2 Å². The van der Waals surface area contributed by atoms with Gasteiger partial charge in [-0.25, -0.2) is 0 Å². The highest BCUT2D eigenvalue weighted by atomic mass is 32.2. The molecule has 0 spiro atoms. The van der Waals surface area contributed by atoms with Gasteiger partial charge in [0.1, 0.15) is 0 Å². The first-order valence-corrected chi connectivity index (χ1v) is 6.65. The van der Waals surface area contributed by atoms with Crippen molar-refractivity contribution in [3.63, 3.8) is 0 Å². The lowest BCUT2D eigenvalue weighted by Crippen LogP contribution is -2.14. The van der Waals surface area contributed by atoms with E-state index < -0.39 is 6.10 Å². The lowest BCUT2D eigenvalue weighted by Gasteiger charge is -2.06. The number of nitrogens with zero attached hydrogens (tertiary/aromatic N) is 1. The Morgan fingerprint density at radius 3 is 2.94 bits per heavy atom. The fraction of sp³-hybridized carbons (Fsp3) is 0.308. The van der Waals surface area contributed by atoms with Gasteiger partial charge >= 0.3 is 0 Å². The van der Waals surface area contributed by atoms with Gasteiger partial charge in [0, 0.05) is 23.1 Å². The van der Waals surface area contributed by atoms with Crippen molar-refractivity contribution in [1.29, 1.82) is 0 Å². The van der Waals surface area contributed by atoms with Gasteiger partial charge in [-0.1, -0.05) is 18.2 Å². The first kappa shape index (κ1) is 12.4. The molecule has 1 aromatic heterocycles. The van der Waals surface area contributed by atoms with Crippen molar-refractivity contribution in [3.8, 4) is 0 Å². The first-order valence-electron chi connectivity index (χ1n) is 5.50. The summed E-state index contributed by atoms with van der Waals surface area (Å²) >= 11 is 1.60. The molecule has 1 aromatic carbocycles. The molecule has 0 bridgehead atoms. The van der Waals surface area contributed by atoms with E-state index in [9.17, 15) is 5.11 Å². The zero-order chi connectivity index (χ0) is 12.1. The lowest BCUT2D eigenvalue weighted by molar-refractivity contribution is 0.113. The number of aromatic nitrogens is 1. The van der Waals surface area contributed by atoms with E-state index in [2.05, 4.69) is 11.1 Å². The average molecular weight is 249 g/mol. The van der Waals surface area contributed by atoms with Crippen molar-refractivity contribution in [2.45, 2.75) is 11.9 Å². The molecule has 3 nitrogen and oxygen atoms in total. The molecule has 0 radical (unpaired) electrons. The highest BCUT2D eigenvalue weighted by Crippen LogP contribution is 2.17. The number of aliphatic hydroxyl groups is 2. The third-order valence-electron chi connectivity index (χ3n) is 2.44. The molecule has 0 amide bonds. The molecule has 17 heavy (non-hydrogen) atoms. The molecular formula is C13H15NO2S. The Morgan fingerprint density at radius 2 is 2.12 bits per heavy atom. The van der Waals surface area contributed by atoms with Gasteiger partial charge in [-0.2, -0.15) is 11.8 Å². The molecule has 0 aliphatic rings. The lowest BCUT2D eigenvalue weighted by atomic mass is 10.2. The highest BCUT2D eigenvalue weighted by Gasteiger charge is 2.03. The van der Waals surface area contributed by atoms with Crippen LogP contribution in [0.4, 0.5) is 0 Å². The number of rotatable bonds is 5. The number of pyridine rings is 1. The second kappa shape index (κ2) is 6.00. The van der Waals surface area contributed by atoms with Gasteiger partial charge in [0.2, 0.25) is 0 Å². The molecule has 0 aliphatic carbocycles. The maximum atomic E-state index is 9.22. The van der Waals surface area contributed by atoms with Crippen LogP contribution in [0, 0.1) is 0 Å². The number of benzene rings is 1. The Morgan fingerprint density at radius 1 is 1.29 bits per heavy atom. The van der Waals surface area contributed by atoms with E-state index in [-0.39, 0.29) is 6.61 Å². The molecule has 0 aliphatic heterocycles. The topological polar surface area (TPSA) is 53.4 Å². The molecule has 2 rings (SSSR count). The van der Waals surface area contributed by atoms with Crippen LogP contribution in [0.5, 0.6) is 0 Å². The van der Waals surface area contributed by atoms with Crippen LogP contribution in [-0.2, 0) is 5.75 Å². The van der Waals surface area contributed by atoms with Crippen LogP contribution in [0.2, 0.25) is 0 Å². The molecule has 0 saturated carbocycles. The minimum atomic E-state index is -0.631. The predicted molar refractivity (Wildman–Crippen MR) is 71.0 cm³/mol. The van der Waals surface area contributed by atoms with E-state index >= 15 is 0 Å². The highest BCUT2D eigenvalue weighted by molar-refractivity contribution is 7.98. The van der Waals surface area contributed by atoms with Crippen LogP contribution in [0.15, 0.2) is 36.5 Å². The average Bonchev–Trinajstić information content (AvgIpc) is 2.38. The van der Waals surface area contributed by atoms with Crippen molar-refractivity contribution in [3.05, 3.63) is 42.1 Å². The number of thioether (sulfide) groups is 1. The van der Waals surface area contributed by atoms with Crippen molar-refractivity contribution in [2.24, 2.45) is 0 Å². The molecular weight excluding hydrogens is 234 g/mol. The number of para-hydroxylation sites is 1. The van der Waals surface area contributed by atoms with Crippen LogP contribution in [-0.4, -0.2) is 33.7 Å². The van der Waals surface area contributed by atoms with Crippen molar-refractivity contribution < 1.29 is 10.2 Å². The molecule has 4 heteroatoms. The summed E-state index contributed by atoms with van der Waals surface area (Å²) in [5.41, 5.74) is 2.13. The minimum absolute atomic E-state index is 0.178. The summed E-state index contributed by atoms with van der Waals surface area (Å²) in [6, 6.07) is 10.1. The van der Waals surface area contributed by atoms with E-state index in [1.807, 2.05) is 30.5 Å². The third kappa shape index (κ3) is 3.43. The maximum Gasteiger partial charge on any atom is 0.0861 e. The van der Waals surface area contributed by atoms with Gasteiger partial charge in [-0.05, 0) is 17.7 Å². The summed E-state index contributed by atoms with van der Waals surface area (Å²) in [6.07, 6.45) is 1.23. The Kier molecular flexibility index (Phi) is 4.36. The van der Waals surface area contributed by atoms with Crippen LogP contribution in [0.25, 0.3) is 10.9 Å². The summed E-state index contributed by atoms with van der Waals surface area (Å²) in [7, 11) is 0. The maximum absolute atomic E-state index is 9.22. The Hall–Kier alpha value is -1.10. The number of hydrogen-bond acceptors (Lipinski definition) is 4. The van der Waals surface area contributed by atoms with Crippen LogP contribution < -0.4 is 0 Å². The zero-order valence-electron chi connectivity index (χ0n) is 9.41. The van der Waals surface area contributed by atoms with Gasteiger partial charge in [-0.3, -0.25) is 4.98 Å². The van der Waals surface area contributed by atoms with Crippen molar-refractivity contribution in [2.75, 3.05) is 12.4 Å². The van der Waals surface area contributed by atoms with E-state index in [0.717, 1.165) is 22.2 Å². The largest absolute Gasteiger partial charge is 0.394 e. The number of aliphatic hydroxyl groups excluding tert-OH is 2. The fourth-order valence-corrected chi connectivity index (χ4v) is 2.45. The molecule has 0 fully saturated rings. The fourth-order valence-electron chi connectivity index (χ4n) is 1.56. The number of hydrogen-bond donors (Lipinski definition) is 2. The quantitative estimate of drug-likeness (QED) is 0.848. The van der Waals surface area contributed by atoms with Crippen LogP contribution in [0.1, 0.15) is 5.56 Å². The zero-order valence-corrected chi connectivity index (χ0v) is 10.2. The van der Waals surface area contributed by atoms with E-state index in [0.29, 0.717) is 5.75 Å². The monoisotopic (exact) mass is 249 g/mol. The summed E-state index contributed by atoms with van der Waals surface area (Å²) in [6.45, 7) is -0.178. The van der Waals surface area contributed by atoms with Gasteiger partial charge in [0.25, 0.3) is 0 Å². The first-order chi connectivity index (χ1) is 8.29. The second-order valence-electron chi connectivity index (χ2n) is 3.89. The Balaban J connectivity index is 1.99. The molecule has 1 atom stereocenters. The standard InChI is InChI=1S/C13H15NO2S/c15-7-12(16)9-17-8-10-5-11-3-1-2-4-13(11)14-6-10/h1-6,12,15-16H,7-9H2. The van der Waals surface area contributed by atoms with E-state index in [1.54, 1.807) is 11.8 Å². The van der Waals surface area contributed by atoms with Crippen molar-refractivity contribution in [1.82, 2.24) is 4.98 Å². The molecule has 1 heterocycles. The van der Waals surface area contributed by atoms with Gasteiger partial charge in [-0.15, -0.1) is 0 Å². The van der Waals surface area contributed by atoms with Crippen molar-refractivity contribution >= 4 is 22.7 Å². The number of fused-ring (bicyclic) bond motifs is 1. The summed E-state index contributed by atoms with van der Waals surface area (Å²) in [5.74, 6) is 1.35. The van der Waals surface area contributed by atoms with Crippen LogP contribution in [0.3, 0.4) is 0 Å². The summed E-state index contributed by atoms with van der Waals surface area (Å²) in [5, 5.41) is 19.1. The third-order valence-corrected chi connectivity index (χ3v) is 3.59. The molecule has 2 N–H and O–H groups in total. The SMILES string of the molecule is OCC(O)CSCc1cnc2ccccc2c1. The van der Waals surface area contributed by atoms with E-state index in [4.69, 9.17) is 5.11 Å². The van der Waals surface area contributed by atoms with Gasteiger partial charge in [0.15, 0.2) is 0 Å². The smallest absolute Gasteiger partial charge is 0.0861 e.